The average Bonchev–Trinajstić information content (AvgIpc) is 2.67. The van der Waals surface area contributed by atoms with E-state index in [4.69, 9.17) is 11.6 Å². The van der Waals surface area contributed by atoms with E-state index in [0.29, 0.717) is 0 Å². The number of aryl methyl sites for hydroxylation is 1. The first-order chi connectivity index (χ1) is 7.58. The molecule has 1 aromatic carbocycles. The van der Waals surface area contributed by atoms with Gasteiger partial charge in [0.05, 0.1) is 5.38 Å². The van der Waals surface area contributed by atoms with Gasteiger partial charge in [-0.05, 0) is 42.8 Å². The number of thiophene rings is 1. The van der Waals surface area contributed by atoms with E-state index in [2.05, 4.69) is 15.9 Å². The molecule has 84 valence electrons. The Labute approximate surface area is 111 Å². The molecule has 0 saturated heterocycles. The fraction of sp³-hybridized carbons (Fsp3) is 0.167. The first kappa shape index (κ1) is 12.1. The largest absolute Gasteiger partial charge is 0.207 e. The highest BCUT2D eigenvalue weighted by Crippen LogP contribution is 2.37. The van der Waals surface area contributed by atoms with Gasteiger partial charge in [0.1, 0.15) is 5.82 Å². The van der Waals surface area contributed by atoms with E-state index in [1.165, 1.54) is 17.0 Å². The first-order valence-electron chi connectivity index (χ1n) is 4.73. The second kappa shape index (κ2) is 4.86. The average molecular weight is 320 g/mol. The van der Waals surface area contributed by atoms with Gasteiger partial charge >= 0.3 is 0 Å². The van der Waals surface area contributed by atoms with Crippen molar-refractivity contribution in [1.29, 1.82) is 0 Å². The molecule has 0 bridgehead atoms. The quantitative estimate of drug-likeness (QED) is 0.660. The van der Waals surface area contributed by atoms with Gasteiger partial charge in [-0.15, -0.1) is 22.9 Å². The first-order valence-corrected chi connectivity index (χ1v) is 6.78. The number of hydrogen-bond acceptors (Lipinski definition) is 1. The van der Waals surface area contributed by atoms with Crippen LogP contribution in [0.3, 0.4) is 0 Å². The highest BCUT2D eigenvalue weighted by atomic mass is 79.9. The van der Waals surface area contributed by atoms with Crippen LogP contribution in [-0.2, 0) is 0 Å². The Morgan fingerprint density at radius 2 is 2.06 bits per heavy atom. The van der Waals surface area contributed by atoms with Crippen LogP contribution in [0, 0.1) is 12.7 Å². The summed E-state index contributed by atoms with van der Waals surface area (Å²) in [6.07, 6.45) is 0. The van der Waals surface area contributed by atoms with Crippen molar-refractivity contribution in [3.8, 4) is 0 Å². The predicted molar refractivity (Wildman–Crippen MR) is 70.9 cm³/mol. The summed E-state index contributed by atoms with van der Waals surface area (Å²) in [5, 5.41) is -0.302. The van der Waals surface area contributed by atoms with Crippen LogP contribution in [0.2, 0.25) is 0 Å². The Morgan fingerprint density at radius 1 is 1.31 bits per heavy atom. The zero-order valence-corrected chi connectivity index (χ0v) is 11.7. The fourth-order valence-corrected chi connectivity index (χ4v) is 3.32. The van der Waals surface area contributed by atoms with Crippen LogP contribution < -0.4 is 0 Å². The van der Waals surface area contributed by atoms with Crippen molar-refractivity contribution >= 4 is 38.9 Å². The van der Waals surface area contributed by atoms with Gasteiger partial charge in [-0.3, -0.25) is 0 Å². The summed E-state index contributed by atoms with van der Waals surface area (Å²) in [6, 6.07) is 8.56. The van der Waals surface area contributed by atoms with Gasteiger partial charge in [0.25, 0.3) is 0 Å². The summed E-state index contributed by atoms with van der Waals surface area (Å²) in [5.74, 6) is -0.267. The van der Waals surface area contributed by atoms with Gasteiger partial charge in [0.15, 0.2) is 0 Å². The summed E-state index contributed by atoms with van der Waals surface area (Å²) < 4.78 is 14.0. The predicted octanol–water partition coefficient (Wildman–Crippen LogP) is 5.29. The van der Waals surface area contributed by atoms with E-state index in [1.54, 1.807) is 17.4 Å². The molecular weight excluding hydrogens is 311 g/mol. The van der Waals surface area contributed by atoms with Gasteiger partial charge in [-0.1, -0.05) is 15.9 Å². The van der Waals surface area contributed by atoms with Gasteiger partial charge < -0.3 is 0 Å². The smallest absolute Gasteiger partial charge is 0.123 e. The second-order valence-electron chi connectivity index (χ2n) is 3.48. The van der Waals surface area contributed by atoms with Crippen LogP contribution in [-0.4, -0.2) is 0 Å². The van der Waals surface area contributed by atoms with E-state index >= 15 is 0 Å². The lowest BCUT2D eigenvalue weighted by molar-refractivity contribution is 0.625. The summed E-state index contributed by atoms with van der Waals surface area (Å²) in [7, 11) is 0. The molecule has 0 aliphatic rings. The molecule has 0 nitrogen and oxygen atoms in total. The van der Waals surface area contributed by atoms with Gasteiger partial charge in [0, 0.05) is 14.2 Å². The molecule has 1 atom stereocenters. The molecule has 0 spiro atoms. The molecule has 16 heavy (non-hydrogen) atoms. The van der Waals surface area contributed by atoms with Crippen molar-refractivity contribution in [1.82, 2.24) is 0 Å². The summed E-state index contributed by atoms with van der Waals surface area (Å²) in [5.41, 5.74) is 0.767. The van der Waals surface area contributed by atoms with E-state index in [-0.39, 0.29) is 11.2 Å². The van der Waals surface area contributed by atoms with E-state index in [0.717, 1.165) is 14.9 Å². The lowest BCUT2D eigenvalue weighted by atomic mass is 10.1. The second-order valence-corrected chi connectivity index (χ2v) is 6.09. The Morgan fingerprint density at radius 3 is 2.69 bits per heavy atom. The lowest BCUT2D eigenvalue weighted by Crippen LogP contribution is -1.92. The molecule has 0 saturated carbocycles. The third-order valence-electron chi connectivity index (χ3n) is 2.24. The number of benzene rings is 1. The number of rotatable bonds is 2. The lowest BCUT2D eigenvalue weighted by Gasteiger charge is -2.10. The van der Waals surface area contributed by atoms with Gasteiger partial charge in [0.2, 0.25) is 0 Å². The third kappa shape index (κ3) is 2.47. The minimum absolute atomic E-state index is 0.267. The summed E-state index contributed by atoms with van der Waals surface area (Å²) >= 11 is 11.4. The van der Waals surface area contributed by atoms with Crippen molar-refractivity contribution < 1.29 is 4.39 Å². The molecule has 4 heteroatoms. The Kier molecular flexibility index (Phi) is 3.67. The molecule has 2 aromatic rings. The maximum atomic E-state index is 13.2. The Bertz CT molecular complexity index is 509. The van der Waals surface area contributed by atoms with Crippen molar-refractivity contribution in [2.75, 3.05) is 0 Å². The van der Waals surface area contributed by atoms with Gasteiger partial charge in [-0.25, -0.2) is 4.39 Å². The van der Waals surface area contributed by atoms with Gasteiger partial charge in [-0.2, -0.15) is 0 Å². The van der Waals surface area contributed by atoms with Crippen molar-refractivity contribution in [2.24, 2.45) is 0 Å². The Balaban J connectivity index is 2.40. The topological polar surface area (TPSA) is 0 Å². The molecule has 0 amide bonds. The Hall–Kier alpha value is -0.380. The van der Waals surface area contributed by atoms with Crippen molar-refractivity contribution in [3.05, 3.63) is 55.9 Å². The summed E-state index contributed by atoms with van der Waals surface area (Å²) in [6.45, 7) is 2.03. The molecule has 1 unspecified atom stereocenters. The number of alkyl halides is 1. The normalized spacial score (nSPS) is 12.8. The van der Waals surface area contributed by atoms with Crippen LogP contribution in [0.4, 0.5) is 4.39 Å². The van der Waals surface area contributed by atoms with Crippen LogP contribution in [0.1, 0.15) is 20.7 Å². The zero-order valence-electron chi connectivity index (χ0n) is 8.51. The molecular formula is C12H9BrClFS. The highest BCUT2D eigenvalue weighted by Gasteiger charge is 2.16. The number of hydrogen-bond donors (Lipinski definition) is 0. The van der Waals surface area contributed by atoms with E-state index < -0.39 is 0 Å². The SMILES string of the molecule is Cc1ccc(C(Cl)c2cc(F)ccc2Br)s1. The van der Waals surface area contributed by atoms with E-state index in [9.17, 15) is 4.39 Å². The molecule has 1 aromatic heterocycles. The minimum Gasteiger partial charge on any atom is -0.207 e. The summed E-state index contributed by atoms with van der Waals surface area (Å²) in [4.78, 5) is 2.23. The minimum atomic E-state index is -0.302. The molecule has 0 N–H and O–H groups in total. The monoisotopic (exact) mass is 318 g/mol. The molecule has 2 rings (SSSR count). The van der Waals surface area contributed by atoms with Crippen LogP contribution in [0.5, 0.6) is 0 Å². The van der Waals surface area contributed by atoms with Crippen LogP contribution in [0.15, 0.2) is 34.8 Å². The maximum Gasteiger partial charge on any atom is 0.123 e. The molecule has 1 heterocycles. The van der Waals surface area contributed by atoms with E-state index in [1.807, 2.05) is 19.1 Å². The molecule has 0 aliphatic heterocycles. The van der Waals surface area contributed by atoms with Crippen LogP contribution >= 0.6 is 38.9 Å². The molecule has 0 aliphatic carbocycles. The fourth-order valence-electron chi connectivity index (χ4n) is 1.45. The zero-order chi connectivity index (χ0) is 11.7. The van der Waals surface area contributed by atoms with Crippen LogP contribution in [0.25, 0.3) is 0 Å². The number of halogens is 3. The standard InChI is InChI=1S/C12H9BrClFS/c1-7-2-5-11(16-7)12(14)9-6-8(15)3-4-10(9)13/h2-6,12H,1H3. The maximum absolute atomic E-state index is 13.2. The third-order valence-corrected chi connectivity index (χ3v) is 4.63. The van der Waals surface area contributed by atoms with Crippen molar-refractivity contribution in [3.63, 3.8) is 0 Å². The molecule has 0 radical (unpaired) electrons. The van der Waals surface area contributed by atoms with Crippen molar-refractivity contribution in [2.45, 2.75) is 12.3 Å². The molecule has 0 fully saturated rings. The highest BCUT2D eigenvalue weighted by molar-refractivity contribution is 9.10.